The number of imide groups is 1. The molecule has 130 valence electrons. The van der Waals surface area contributed by atoms with Crippen molar-refractivity contribution in [2.75, 3.05) is 0 Å². The van der Waals surface area contributed by atoms with Gasteiger partial charge < -0.3 is 5.32 Å². The van der Waals surface area contributed by atoms with Crippen LogP contribution < -0.4 is 10.6 Å². The minimum atomic E-state index is -0.646. The van der Waals surface area contributed by atoms with Crippen LogP contribution in [0.2, 0.25) is 0 Å². The number of hydrogen-bond acceptors (Lipinski definition) is 4. The monoisotopic (exact) mass is 348 g/mol. The van der Waals surface area contributed by atoms with Gasteiger partial charge in [-0.25, -0.2) is 0 Å². The van der Waals surface area contributed by atoms with E-state index in [0.29, 0.717) is 12.0 Å². The molecule has 6 heteroatoms. The summed E-state index contributed by atoms with van der Waals surface area (Å²) in [6.07, 6.45) is 1.35. The third-order valence-corrected chi connectivity index (χ3v) is 5.67. The van der Waals surface area contributed by atoms with Gasteiger partial charge in [0.1, 0.15) is 6.04 Å². The second kappa shape index (κ2) is 7.30. The first-order valence-corrected chi connectivity index (χ1v) is 8.99. The molecule has 0 saturated carbocycles. The van der Waals surface area contributed by atoms with Gasteiger partial charge in [-0.1, -0.05) is 12.5 Å². The fraction of sp³-hybridized carbons (Fsp3) is 0.500. The highest BCUT2D eigenvalue weighted by Gasteiger charge is 2.30. The van der Waals surface area contributed by atoms with E-state index in [1.54, 1.807) is 11.3 Å². The van der Waals surface area contributed by atoms with E-state index in [1.165, 1.54) is 11.1 Å². The molecule has 2 N–H and O–H groups in total. The third kappa shape index (κ3) is 3.59. The molecule has 0 radical (unpaired) electrons. The van der Waals surface area contributed by atoms with Crippen molar-refractivity contribution in [1.82, 2.24) is 10.6 Å². The molecule has 1 saturated heterocycles. The van der Waals surface area contributed by atoms with Gasteiger partial charge in [-0.2, -0.15) is 0 Å². The largest absolute Gasteiger partial charge is 0.340 e. The zero-order valence-electron chi connectivity index (χ0n) is 14.8. The molecule has 0 bridgehead atoms. The van der Waals surface area contributed by atoms with Crippen molar-refractivity contribution in [3.05, 3.63) is 26.5 Å². The van der Waals surface area contributed by atoms with Crippen molar-refractivity contribution in [2.24, 2.45) is 0 Å². The number of hydrogen-bond donors (Lipinski definition) is 2. The van der Waals surface area contributed by atoms with Gasteiger partial charge in [-0.15, -0.1) is 11.3 Å². The number of piperidine rings is 1. The number of rotatable bonds is 4. The van der Waals surface area contributed by atoms with Crippen LogP contribution in [0.15, 0.2) is 5.57 Å². The fourth-order valence-corrected chi connectivity index (χ4v) is 4.17. The molecule has 1 aliphatic rings. The first-order valence-electron chi connectivity index (χ1n) is 8.17. The SMILES string of the molecule is CCc1c(C(C)=C(C)C)sc(C)c1C(=O)NC1CCC(=O)NC1=O. The Labute approximate surface area is 146 Å². The maximum atomic E-state index is 12.8. The van der Waals surface area contributed by atoms with Crippen LogP contribution in [0.4, 0.5) is 0 Å². The van der Waals surface area contributed by atoms with Gasteiger partial charge in [0.25, 0.3) is 5.91 Å². The van der Waals surface area contributed by atoms with E-state index in [1.807, 2.05) is 13.8 Å². The van der Waals surface area contributed by atoms with E-state index >= 15 is 0 Å². The topological polar surface area (TPSA) is 75.3 Å². The standard InChI is InChI=1S/C18H24N2O3S/c1-6-12-15(11(5)24-16(12)10(4)9(2)3)18(23)19-13-7-8-14(21)20-17(13)22/h13H,6-8H2,1-5H3,(H,19,23)(H,20,21,22). The average Bonchev–Trinajstić information content (AvgIpc) is 2.85. The maximum Gasteiger partial charge on any atom is 0.253 e. The first kappa shape index (κ1) is 18.4. The van der Waals surface area contributed by atoms with Crippen LogP contribution in [0.3, 0.4) is 0 Å². The Morgan fingerprint density at radius 1 is 1.29 bits per heavy atom. The lowest BCUT2D eigenvalue weighted by molar-refractivity contribution is -0.134. The molecule has 1 aliphatic heterocycles. The quantitative estimate of drug-likeness (QED) is 0.822. The van der Waals surface area contributed by atoms with Crippen molar-refractivity contribution >= 4 is 34.6 Å². The van der Waals surface area contributed by atoms with Crippen molar-refractivity contribution < 1.29 is 14.4 Å². The maximum absolute atomic E-state index is 12.8. The summed E-state index contributed by atoms with van der Waals surface area (Å²) in [7, 11) is 0. The van der Waals surface area contributed by atoms with Gasteiger partial charge in [0.05, 0.1) is 5.56 Å². The fourth-order valence-electron chi connectivity index (χ4n) is 2.82. The van der Waals surface area contributed by atoms with Crippen molar-refractivity contribution in [1.29, 1.82) is 0 Å². The Morgan fingerprint density at radius 3 is 2.50 bits per heavy atom. The third-order valence-electron chi connectivity index (χ3n) is 4.40. The normalized spacial score (nSPS) is 17.5. The summed E-state index contributed by atoms with van der Waals surface area (Å²) in [6, 6.07) is -0.646. The second-order valence-electron chi connectivity index (χ2n) is 6.30. The van der Waals surface area contributed by atoms with Gasteiger partial charge in [-0.05, 0) is 51.7 Å². The minimum Gasteiger partial charge on any atom is -0.340 e. The van der Waals surface area contributed by atoms with Gasteiger partial charge in [0.2, 0.25) is 11.8 Å². The molecule has 24 heavy (non-hydrogen) atoms. The Bertz CT molecular complexity index is 727. The van der Waals surface area contributed by atoms with Crippen LogP contribution in [0.25, 0.3) is 5.57 Å². The Balaban J connectivity index is 2.31. The lowest BCUT2D eigenvalue weighted by Gasteiger charge is -2.22. The second-order valence-corrected chi connectivity index (χ2v) is 7.52. The van der Waals surface area contributed by atoms with E-state index in [-0.39, 0.29) is 18.2 Å². The summed E-state index contributed by atoms with van der Waals surface area (Å²) >= 11 is 1.62. The highest BCUT2D eigenvalue weighted by molar-refractivity contribution is 7.13. The molecule has 1 aromatic heterocycles. The number of nitrogens with one attached hydrogen (secondary N) is 2. The van der Waals surface area contributed by atoms with Crippen LogP contribution in [-0.2, 0) is 16.0 Å². The Morgan fingerprint density at radius 2 is 1.96 bits per heavy atom. The van der Waals surface area contributed by atoms with E-state index in [4.69, 9.17) is 0 Å². The Hall–Kier alpha value is -1.95. The predicted octanol–water partition coefficient (Wildman–Crippen LogP) is 2.97. The molecule has 5 nitrogen and oxygen atoms in total. The van der Waals surface area contributed by atoms with Crippen LogP contribution in [0, 0.1) is 6.92 Å². The molecule has 3 amide bonds. The van der Waals surface area contributed by atoms with Crippen molar-refractivity contribution in [2.45, 2.75) is 59.9 Å². The van der Waals surface area contributed by atoms with Gasteiger partial charge >= 0.3 is 0 Å². The van der Waals surface area contributed by atoms with E-state index < -0.39 is 11.9 Å². The van der Waals surface area contributed by atoms with Crippen LogP contribution >= 0.6 is 11.3 Å². The van der Waals surface area contributed by atoms with E-state index in [9.17, 15) is 14.4 Å². The van der Waals surface area contributed by atoms with Crippen LogP contribution in [0.5, 0.6) is 0 Å². The molecule has 0 spiro atoms. The predicted molar refractivity (Wildman–Crippen MR) is 96.0 cm³/mol. The summed E-state index contributed by atoms with van der Waals surface area (Å²) < 4.78 is 0. The van der Waals surface area contributed by atoms with Crippen LogP contribution in [-0.4, -0.2) is 23.8 Å². The van der Waals surface area contributed by atoms with Gasteiger partial charge in [-0.3, -0.25) is 19.7 Å². The molecule has 1 unspecified atom stereocenters. The molecule has 2 rings (SSSR count). The van der Waals surface area contributed by atoms with Crippen molar-refractivity contribution in [3.63, 3.8) is 0 Å². The highest BCUT2D eigenvalue weighted by atomic mass is 32.1. The zero-order chi connectivity index (χ0) is 18.0. The van der Waals surface area contributed by atoms with Gasteiger partial charge in [0, 0.05) is 16.2 Å². The molecule has 0 aliphatic carbocycles. The van der Waals surface area contributed by atoms with Crippen molar-refractivity contribution in [3.8, 4) is 0 Å². The number of carbonyl (C=O) groups excluding carboxylic acids is 3. The summed E-state index contributed by atoms with van der Waals surface area (Å²) in [5, 5.41) is 5.06. The number of aryl methyl sites for hydroxylation is 1. The molecule has 1 atom stereocenters. The molecule has 1 fully saturated rings. The van der Waals surface area contributed by atoms with Crippen LogP contribution in [0.1, 0.15) is 66.2 Å². The summed E-state index contributed by atoms with van der Waals surface area (Å²) in [6.45, 7) is 10.2. The average molecular weight is 348 g/mol. The molecular formula is C18H24N2O3S. The lowest BCUT2D eigenvalue weighted by atomic mass is 9.99. The molecular weight excluding hydrogens is 324 g/mol. The molecule has 0 aromatic carbocycles. The summed E-state index contributed by atoms with van der Waals surface area (Å²) in [4.78, 5) is 37.9. The molecule has 1 aromatic rings. The van der Waals surface area contributed by atoms with E-state index in [2.05, 4.69) is 31.4 Å². The molecule has 2 heterocycles. The smallest absolute Gasteiger partial charge is 0.253 e. The summed E-state index contributed by atoms with van der Waals surface area (Å²) in [5.74, 6) is -0.943. The summed E-state index contributed by atoms with van der Waals surface area (Å²) in [5.41, 5.74) is 4.12. The lowest BCUT2D eigenvalue weighted by Crippen LogP contribution is -2.52. The number of carbonyl (C=O) groups is 3. The number of allylic oxidation sites excluding steroid dienone is 2. The zero-order valence-corrected chi connectivity index (χ0v) is 15.6. The van der Waals surface area contributed by atoms with E-state index in [0.717, 1.165) is 21.7 Å². The highest BCUT2D eigenvalue weighted by Crippen LogP contribution is 2.35. The van der Waals surface area contributed by atoms with Gasteiger partial charge in [0.15, 0.2) is 0 Å². The Kier molecular flexibility index (Phi) is 5.59. The minimum absolute atomic E-state index is 0.233. The number of amides is 3. The number of thiophene rings is 1. The first-order chi connectivity index (χ1) is 11.3.